The van der Waals surface area contributed by atoms with E-state index in [1.165, 1.54) is 19.3 Å². The van der Waals surface area contributed by atoms with Gasteiger partial charge in [-0.1, -0.05) is 68.4 Å². The van der Waals surface area contributed by atoms with Gasteiger partial charge in [0.05, 0.1) is 6.42 Å². The van der Waals surface area contributed by atoms with Crippen LogP contribution < -0.4 is 0 Å². The van der Waals surface area contributed by atoms with E-state index < -0.39 is 11.9 Å². The molecule has 0 bridgehead atoms. The number of allylic oxidation sites excluding steroid dienone is 8. The van der Waals surface area contributed by atoms with Gasteiger partial charge in [-0.25, -0.2) is 0 Å². The summed E-state index contributed by atoms with van der Waals surface area (Å²) >= 11 is 0. The highest BCUT2D eigenvalue weighted by molar-refractivity contribution is 5.67. The van der Waals surface area contributed by atoms with Crippen molar-refractivity contribution >= 4 is 11.9 Å². The molecule has 0 aliphatic rings. The molecule has 0 aromatic carbocycles. The normalized spacial score (nSPS) is 13.4. The molecule has 0 saturated carbocycles. The van der Waals surface area contributed by atoms with Crippen LogP contribution in [0, 0.1) is 5.92 Å². The van der Waals surface area contributed by atoms with Gasteiger partial charge in [0.15, 0.2) is 0 Å². The summed E-state index contributed by atoms with van der Waals surface area (Å²) in [6.45, 7) is 2.21. The van der Waals surface area contributed by atoms with E-state index in [0.29, 0.717) is 12.8 Å². The van der Waals surface area contributed by atoms with Crippen LogP contribution in [0.15, 0.2) is 48.6 Å². The molecule has 0 saturated heterocycles. The van der Waals surface area contributed by atoms with E-state index in [9.17, 15) is 9.59 Å². The summed E-state index contributed by atoms with van der Waals surface area (Å²) in [5.41, 5.74) is 0. The molecule has 0 aromatic heterocycles. The van der Waals surface area contributed by atoms with Gasteiger partial charge in [-0.15, -0.1) is 0 Å². The summed E-state index contributed by atoms with van der Waals surface area (Å²) in [6, 6.07) is 0. The number of aliphatic carboxylic acids is 2. The fraction of sp³-hybridized carbons (Fsp3) is 0.545. The van der Waals surface area contributed by atoms with Crippen molar-refractivity contribution in [3.63, 3.8) is 0 Å². The number of hydrogen-bond donors (Lipinski definition) is 2. The molecule has 0 heterocycles. The lowest BCUT2D eigenvalue weighted by Gasteiger charge is -2.08. The van der Waals surface area contributed by atoms with Crippen LogP contribution in [0.5, 0.6) is 0 Å². The van der Waals surface area contributed by atoms with Crippen LogP contribution >= 0.6 is 0 Å². The average molecular weight is 363 g/mol. The fourth-order valence-electron chi connectivity index (χ4n) is 2.46. The first kappa shape index (κ1) is 23.9. The van der Waals surface area contributed by atoms with Crippen molar-refractivity contribution in [2.75, 3.05) is 0 Å². The molecule has 0 fully saturated rings. The first-order valence-electron chi connectivity index (χ1n) is 9.63. The second-order valence-electron chi connectivity index (χ2n) is 6.37. The van der Waals surface area contributed by atoms with Gasteiger partial charge in [-0.05, 0) is 44.4 Å². The number of rotatable bonds is 16. The molecular formula is C22H34O4. The maximum absolute atomic E-state index is 10.9. The Hall–Kier alpha value is -2.10. The second kappa shape index (κ2) is 17.7. The largest absolute Gasteiger partial charge is 0.481 e. The Balaban J connectivity index is 3.99. The molecule has 4 heteroatoms. The van der Waals surface area contributed by atoms with E-state index in [1.54, 1.807) is 0 Å². The number of carbonyl (C=O) groups is 2. The van der Waals surface area contributed by atoms with Gasteiger partial charge in [0.1, 0.15) is 0 Å². The van der Waals surface area contributed by atoms with Crippen molar-refractivity contribution < 1.29 is 19.8 Å². The fourth-order valence-corrected chi connectivity index (χ4v) is 2.46. The average Bonchev–Trinajstić information content (AvgIpc) is 2.58. The number of hydrogen-bond acceptors (Lipinski definition) is 2. The summed E-state index contributed by atoms with van der Waals surface area (Å²) in [5, 5.41) is 17.6. The molecule has 1 unspecified atom stereocenters. The molecule has 4 nitrogen and oxygen atoms in total. The van der Waals surface area contributed by atoms with Crippen LogP contribution in [0.2, 0.25) is 0 Å². The Bertz CT molecular complexity index is 486. The zero-order chi connectivity index (χ0) is 19.5. The van der Waals surface area contributed by atoms with E-state index in [-0.39, 0.29) is 18.8 Å². The van der Waals surface area contributed by atoms with E-state index in [4.69, 9.17) is 10.2 Å². The van der Waals surface area contributed by atoms with Gasteiger partial charge in [-0.3, -0.25) is 9.59 Å². The molecule has 146 valence electrons. The molecule has 0 spiro atoms. The molecule has 0 aromatic rings. The molecule has 2 N–H and O–H groups in total. The van der Waals surface area contributed by atoms with Gasteiger partial charge >= 0.3 is 11.9 Å². The van der Waals surface area contributed by atoms with Crippen molar-refractivity contribution in [1.29, 1.82) is 0 Å². The highest BCUT2D eigenvalue weighted by Crippen LogP contribution is 2.15. The third kappa shape index (κ3) is 18.2. The standard InChI is InChI=1S/C22H34O4/c1-2-3-4-5-6-7-8-9-10-11-12-13-14-16-20(19-22(25)26)17-15-18-21(23)24/h6-7,9-10,12-14,16,20H,2-5,8,11,15,17-19H2,1H3,(H,23,24)(H,25,26)/b7-6-,10-9-,13-12-,16-14+. The molecule has 0 amide bonds. The maximum atomic E-state index is 10.9. The van der Waals surface area contributed by atoms with E-state index in [1.807, 2.05) is 24.3 Å². The zero-order valence-electron chi connectivity index (χ0n) is 16.0. The van der Waals surface area contributed by atoms with Crippen molar-refractivity contribution in [2.24, 2.45) is 5.92 Å². The highest BCUT2D eigenvalue weighted by Gasteiger charge is 2.10. The summed E-state index contributed by atoms with van der Waals surface area (Å²) in [4.78, 5) is 21.4. The van der Waals surface area contributed by atoms with Gasteiger partial charge < -0.3 is 10.2 Å². The molecule has 0 aliphatic heterocycles. The third-order valence-electron chi connectivity index (χ3n) is 3.88. The van der Waals surface area contributed by atoms with E-state index >= 15 is 0 Å². The minimum absolute atomic E-state index is 0.0362. The van der Waals surface area contributed by atoms with Gasteiger partial charge in [0.25, 0.3) is 0 Å². The van der Waals surface area contributed by atoms with Crippen molar-refractivity contribution in [1.82, 2.24) is 0 Å². The Kier molecular flexibility index (Phi) is 16.3. The summed E-state index contributed by atoms with van der Waals surface area (Å²) in [6.07, 6.45) is 24.3. The van der Waals surface area contributed by atoms with Crippen LogP contribution in [0.3, 0.4) is 0 Å². The highest BCUT2D eigenvalue weighted by atomic mass is 16.4. The Morgan fingerprint density at radius 2 is 1.54 bits per heavy atom. The maximum Gasteiger partial charge on any atom is 0.303 e. The molecule has 0 radical (unpaired) electrons. The molecule has 26 heavy (non-hydrogen) atoms. The smallest absolute Gasteiger partial charge is 0.303 e. The van der Waals surface area contributed by atoms with Crippen molar-refractivity contribution in [3.05, 3.63) is 48.6 Å². The topological polar surface area (TPSA) is 74.6 Å². The Morgan fingerprint density at radius 1 is 0.846 bits per heavy atom. The number of carboxylic acid groups (broad SMARTS) is 2. The quantitative estimate of drug-likeness (QED) is 0.203. The van der Waals surface area contributed by atoms with Gasteiger partial charge in [0.2, 0.25) is 0 Å². The van der Waals surface area contributed by atoms with Crippen molar-refractivity contribution in [2.45, 2.75) is 71.1 Å². The van der Waals surface area contributed by atoms with Crippen LogP contribution in [-0.2, 0) is 9.59 Å². The second-order valence-corrected chi connectivity index (χ2v) is 6.37. The van der Waals surface area contributed by atoms with E-state index in [0.717, 1.165) is 19.3 Å². The monoisotopic (exact) mass is 362 g/mol. The Labute approximate surface area is 158 Å². The molecular weight excluding hydrogens is 328 g/mol. The predicted molar refractivity (Wildman–Crippen MR) is 107 cm³/mol. The molecule has 0 rings (SSSR count). The Morgan fingerprint density at radius 3 is 2.19 bits per heavy atom. The van der Waals surface area contributed by atoms with Crippen LogP contribution in [-0.4, -0.2) is 22.2 Å². The number of carboxylic acids is 2. The van der Waals surface area contributed by atoms with Gasteiger partial charge in [-0.2, -0.15) is 0 Å². The zero-order valence-corrected chi connectivity index (χ0v) is 16.0. The number of unbranched alkanes of at least 4 members (excludes halogenated alkanes) is 3. The lowest BCUT2D eigenvalue weighted by Crippen LogP contribution is -2.06. The lowest BCUT2D eigenvalue weighted by molar-refractivity contribution is -0.137. The van der Waals surface area contributed by atoms with Crippen molar-refractivity contribution in [3.8, 4) is 0 Å². The minimum atomic E-state index is -0.857. The summed E-state index contributed by atoms with van der Waals surface area (Å²) in [5.74, 6) is -1.82. The minimum Gasteiger partial charge on any atom is -0.481 e. The van der Waals surface area contributed by atoms with Crippen LogP contribution in [0.25, 0.3) is 0 Å². The third-order valence-corrected chi connectivity index (χ3v) is 3.88. The molecule has 0 aliphatic carbocycles. The van der Waals surface area contributed by atoms with E-state index in [2.05, 4.69) is 31.2 Å². The SMILES string of the molecule is CCCCC/C=C\C/C=C\C/C=C\C=C\C(CCCC(=O)O)CC(=O)O. The first-order chi connectivity index (χ1) is 12.6. The lowest BCUT2D eigenvalue weighted by atomic mass is 9.98. The summed E-state index contributed by atoms with van der Waals surface area (Å²) in [7, 11) is 0. The molecule has 1 atom stereocenters. The summed E-state index contributed by atoms with van der Waals surface area (Å²) < 4.78 is 0. The first-order valence-corrected chi connectivity index (χ1v) is 9.63. The predicted octanol–water partition coefficient (Wildman–Crippen LogP) is 5.92. The van der Waals surface area contributed by atoms with Crippen LogP contribution in [0.4, 0.5) is 0 Å². The van der Waals surface area contributed by atoms with Crippen LogP contribution in [0.1, 0.15) is 71.1 Å². The van der Waals surface area contributed by atoms with Gasteiger partial charge in [0, 0.05) is 6.42 Å².